The van der Waals surface area contributed by atoms with Crippen LogP contribution in [0.15, 0.2) is 0 Å². The average molecular weight is 416 g/mol. The van der Waals surface area contributed by atoms with Crippen molar-refractivity contribution in [2.24, 2.45) is 0 Å². The molecule has 0 aliphatic rings. The monoisotopic (exact) mass is 416 g/mol. The summed E-state index contributed by atoms with van der Waals surface area (Å²) >= 11 is 1.99. The van der Waals surface area contributed by atoms with Crippen LogP contribution in [0, 0.1) is 0 Å². The molecular weight excluding hydrogens is 391 g/mol. The molecule has 0 aliphatic heterocycles. The molecule has 0 fully saturated rings. The van der Waals surface area contributed by atoms with E-state index in [-0.39, 0.29) is 4.05 Å². The van der Waals surface area contributed by atoms with Crippen LogP contribution in [-0.2, 0) is 14.3 Å². The predicted molar refractivity (Wildman–Crippen MR) is 88.0 cm³/mol. The van der Waals surface area contributed by atoms with Gasteiger partial charge >= 0.3 is 6.09 Å². The lowest BCUT2D eigenvalue weighted by atomic mass is 10.1. The van der Waals surface area contributed by atoms with E-state index in [9.17, 15) is 9.59 Å². The number of carboxylic acid groups (broad SMARTS) is 1. The quantitative estimate of drug-likeness (QED) is 0.174. The number of carbonyl (C=O) groups excluding carboxylic acids is 1. The predicted octanol–water partition coefficient (Wildman–Crippen LogP) is 1.35. The van der Waals surface area contributed by atoms with Crippen LogP contribution in [0.1, 0.15) is 20.8 Å². The van der Waals surface area contributed by atoms with Crippen molar-refractivity contribution in [1.82, 2.24) is 10.2 Å². The van der Waals surface area contributed by atoms with Crippen LogP contribution in [0.2, 0.25) is 0 Å². The number of hydrogen-bond donors (Lipinski definition) is 2. The Morgan fingerprint density at radius 2 is 1.86 bits per heavy atom. The second kappa shape index (κ2) is 11.2. The van der Waals surface area contributed by atoms with Crippen LogP contribution in [0.5, 0.6) is 0 Å². The maximum atomic E-state index is 11.1. The standard InChI is InChI=1S/C13H25IN2O5/c1-13(2,3)16(12(18)19)5-7-21-9-8-20-6-4-15-11(14)10-17/h10-11,15H,4-9H2,1-3H3,(H,18,19). The van der Waals surface area contributed by atoms with Crippen molar-refractivity contribution in [2.45, 2.75) is 30.4 Å². The Balaban J connectivity index is 3.55. The van der Waals surface area contributed by atoms with Crippen LogP contribution in [0.25, 0.3) is 0 Å². The van der Waals surface area contributed by atoms with Gasteiger partial charge in [0.1, 0.15) is 10.3 Å². The smallest absolute Gasteiger partial charge is 0.407 e. The Bertz CT molecular complexity index is 309. The van der Waals surface area contributed by atoms with Gasteiger partial charge in [0, 0.05) is 18.6 Å². The number of aldehydes is 1. The molecule has 0 aromatic rings. The Hall–Kier alpha value is -0.450. The number of ether oxygens (including phenoxy) is 2. The number of hydrogen-bond acceptors (Lipinski definition) is 5. The van der Waals surface area contributed by atoms with Gasteiger partial charge in [0.05, 0.1) is 26.4 Å². The lowest BCUT2D eigenvalue weighted by Crippen LogP contribution is -2.46. The SMILES string of the molecule is CC(C)(C)N(CCOCCOCCNC(I)C=O)C(=O)O. The Kier molecular flexibility index (Phi) is 10.9. The fourth-order valence-electron chi connectivity index (χ4n) is 1.51. The summed E-state index contributed by atoms with van der Waals surface area (Å²) in [5.74, 6) is 0. The first-order chi connectivity index (χ1) is 9.79. The zero-order chi connectivity index (χ0) is 16.3. The largest absolute Gasteiger partial charge is 0.465 e. The normalized spacial score (nSPS) is 13.0. The molecule has 1 unspecified atom stereocenters. The van der Waals surface area contributed by atoms with Crippen molar-refractivity contribution >= 4 is 35.0 Å². The van der Waals surface area contributed by atoms with E-state index in [0.29, 0.717) is 39.5 Å². The Morgan fingerprint density at radius 3 is 2.33 bits per heavy atom. The zero-order valence-corrected chi connectivity index (χ0v) is 15.0. The topological polar surface area (TPSA) is 88.1 Å². The molecule has 1 atom stereocenters. The van der Waals surface area contributed by atoms with Crippen molar-refractivity contribution in [3.05, 3.63) is 0 Å². The van der Waals surface area contributed by atoms with Crippen molar-refractivity contribution in [3.8, 4) is 0 Å². The van der Waals surface area contributed by atoms with E-state index in [2.05, 4.69) is 5.32 Å². The highest BCUT2D eigenvalue weighted by atomic mass is 127. The first-order valence-corrected chi connectivity index (χ1v) is 8.02. The number of nitrogens with one attached hydrogen (secondary N) is 1. The number of nitrogens with zero attached hydrogens (tertiary/aromatic N) is 1. The molecule has 21 heavy (non-hydrogen) atoms. The van der Waals surface area contributed by atoms with E-state index in [1.54, 1.807) is 0 Å². The molecule has 8 heteroatoms. The molecule has 0 radical (unpaired) electrons. The van der Waals surface area contributed by atoms with Gasteiger partial charge in [-0.05, 0) is 20.8 Å². The van der Waals surface area contributed by atoms with Gasteiger partial charge in [-0.1, -0.05) is 22.6 Å². The van der Waals surface area contributed by atoms with Gasteiger partial charge in [-0.15, -0.1) is 0 Å². The van der Waals surface area contributed by atoms with Crippen molar-refractivity contribution in [2.75, 3.05) is 39.5 Å². The minimum Gasteiger partial charge on any atom is -0.465 e. The lowest BCUT2D eigenvalue weighted by molar-refractivity contribution is -0.107. The summed E-state index contributed by atoms with van der Waals surface area (Å²) in [4.78, 5) is 22.8. The molecule has 2 N–H and O–H groups in total. The van der Waals surface area contributed by atoms with Crippen LogP contribution in [0.4, 0.5) is 4.79 Å². The molecule has 124 valence electrons. The summed E-state index contributed by atoms with van der Waals surface area (Å²) in [5, 5.41) is 12.0. The van der Waals surface area contributed by atoms with Crippen LogP contribution < -0.4 is 5.32 Å². The molecule has 0 rings (SSSR count). The summed E-state index contributed by atoms with van der Waals surface area (Å²) in [7, 11) is 0. The fourth-order valence-corrected chi connectivity index (χ4v) is 1.82. The van der Waals surface area contributed by atoms with Gasteiger partial charge in [0.25, 0.3) is 0 Å². The number of halogens is 1. The molecule has 0 aliphatic carbocycles. The van der Waals surface area contributed by atoms with E-state index in [1.807, 2.05) is 43.4 Å². The van der Waals surface area contributed by atoms with Crippen molar-refractivity contribution in [3.63, 3.8) is 0 Å². The van der Waals surface area contributed by atoms with Crippen LogP contribution in [0.3, 0.4) is 0 Å². The van der Waals surface area contributed by atoms with Gasteiger partial charge in [0.2, 0.25) is 0 Å². The van der Waals surface area contributed by atoms with Crippen LogP contribution in [-0.4, -0.2) is 71.5 Å². The Morgan fingerprint density at radius 1 is 1.29 bits per heavy atom. The molecule has 0 aromatic heterocycles. The van der Waals surface area contributed by atoms with E-state index < -0.39 is 11.6 Å². The third-order valence-electron chi connectivity index (χ3n) is 2.58. The van der Waals surface area contributed by atoms with Crippen molar-refractivity contribution < 1.29 is 24.2 Å². The molecular formula is C13H25IN2O5. The third-order valence-corrected chi connectivity index (χ3v) is 3.31. The summed E-state index contributed by atoms with van der Waals surface area (Å²) in [6.45, 7) is 8.16. The fraction of sp³-hybridized carbons (Fsp3) is 0.846. The van der Waals surface area contributed by atoms with Crippen molar-refractivity contribution in [1.29, 1.82) is 0 Å². The molecule has 0 saturated carbocycles. The minimum atomic E-state index is -0.947. The molecule has 7 nitrogen and oxygen atoms in total. The molecule has 0 spiro atoms. The minimum absolute atomic E-state index is 0.193. The molecule has 0 aromatic carbocycles. The summed E-state index contributed by atoms with van der Waals surface area (Å²) in [5.41, 5.74) is -0.439. The second-order valence-corrected chi connectivity index (χ2v) is 6.66. The lowest BCUT2D eigenvalue weighted by Gasteiger charge is -2.32. The number of rotatable bonds is 11. The number of alkyl halides is 1. The molecule has 0 bridgehead atoms. The van der Waals surface area contributed by atoms with E-state index in [0.717, 1.165) is 6.29 Å². The summed E-state index contributed by atoms with van der Waals surface area (Å²) in [6.07, 6.45) is -0.121. The summed E-state index contributed by atoms with van der Waals surface area (Å²) < 4.78 is 10.5. The first kappa shape index (κ1) is 20.6. The maximum absolute atomic E-state index is 11.1. The number of carbonyl (C=O) groups is 2. The molecule has 0 saturated heterocycles. The van der Waals surface area contributed by atoms with E-state index in [4.69, 9.17) is 14.6 Å². The van der Waals surface area contributed by atoms with Gasteiger partial charge < -0.3 is 24.3 Å². The second-order valence-electron chi connectivity index (χ2n) is 5.32. The van der Waals surface area contributed by atoms with E-state index >= 15 is 0 Å². The van der Waals surface area contributed by atoms with Gasteiger partial charge in [-0.25, -0.2) is 4.79 Å². The van der Waals surface area contributed by atoms with Crippen LogP contribution >= 0.6 is 22.6 Å². The molecule has 1 amide bonds. The first-order valence-electron chi connectivity index (χ1n) is 6.78. The van der Waals surface area contributed by atoms with Gasteiger partial charge in [-0.3, -0.25) is 5.32 Å². The third kappa shape index (κ3) is 10.9. The average Bonchev–Trinajstić information content (AvgIpc) is 2.38. The zero-order valence-electron chi connectivity index (χ0n) is 12.8. The summed E-state index contributed by atoms with van der Waals surface area (Å²) in [6, 6.07) is 0. The highest BCUT2D eigenvalue weighted by Gasteiger charge is 2.25. The van der Waals surface area contributed by atoms with Gasteiger partial charge in [0.15, 0.2) is 0 Å². The Labute approximate surface area is 139 Å². The van der Waals surface area contributed by atoms with E-state index in [1.165, 1.54) is 4.90 Å². The number of amides is 1. The maximum Gasteiger partial charge on any atom is 0.407 e. The van der Waals surface area contributed by atoms with Gasteiger partial charge in [-0.2, -0.15) is 0 Å². The molecule has 0 heterocycles. The highest BCUT2D eigenvalue weighted by Crippen LogP contribution is 2.12. The highest BCUT2D eigenvalue weighted by molar-refractivity contribution is 14.1.